The maximum Gasteiger partial charge on any atom is 0.311 e. The van der Waals surface area contributed by atoms with Crippen LogP contribution in [-0.2, 0) is 0 Å². The fourth-order valence-corrected chi connectivity index (χ4v) is 3.96. The summed E-state index contributed by atoms with van der Waals surface area (Å²) >= 11 is 6.64. The number of ether oxygens (including phenoxy) is 1. The molecule has 0 atom stereocenters. The topological polar surface area (TPSA) is 106 Å². The van der Waals surface area contributed by atoms with E-state index in [2.05, 4.69) is 15.6 Å². The summed E-state index contributed by atoms with van der Waals surface area (Å²) in [5.41, 5.74) is 2.85. The van der Waals surface area contributed by atoms with Crippen molar-refractivity contribution in [3.63, 3.8) is 0 Å². The number of thiazole rings is 1. The van der Waals surface area contributed by atoms with E-state index >= 15 is 0 Å². The van der Waals surface area contributed by atoms with Crippen LogP contribution in [0.15, 0.2) is 30.3 Å². The van der Waals surface area contributed by atoms with Crippen molar-refractivity contribution in [3.8, 4) is 5.75 Å². The minimum Gasteiger partial charge on any atom is -0.487 e. The maximum absolute atomic E-state index is 12.5. The van der Waals surface area contributed by atoms with Gasteiger partial charge in [0.15, 0.2) is 16.0 Å². The standard InChI is InChI=1S/C19H18N4O4S2/c1-4-27-14-8-7-12(9-13(14)23(25)26)17(24)21-18(28)22-19-20-15-10(2)5-6-11(3)16(15)29-19/h5-9H,4H2,1-3H3,(H2,20,21,22,24,28). The second-order valence-electron chi connectivity index (χ2n) is 6.18. The van der Waals surface area contributed by atoms with Crippen molar-refractivity contribution in [1.29, 1.82) is 0 Å². The number of benzene rings is 2. The Bertz CT molecular complexity index is 1090. The lowest BCUT2D eigenvalue weighted by Gasteiger charge is -2.08. The number of carbonyl (C=O) groups is 1. The highest BCUT2D eigenvalue weighted by atomic mass is 32.1. The number of nitrogens with zero attached hydrogens (tertiary/aromatic N) is 2. The molecule has 8 nitrogen and oxygen atoms in total. The number of nitro benzene ring substituents is 1. The van der Waals surface area contributed by atoms with Gasteiger partial charge in [0.1, 0.15) is 0 Å². The van der Waals surface area contributed by atoms with E-state index in [0.29, 0.717) is 5.13 Å². The summed E-state index contributed by atoms with van der Waals surface area (Å²) in [6.45, 7) is 5.98. The molecule has 0 aliphatic heterocycles. The average Bonchev–Trinajstić information content (AvgIpc) is 3.10. The number of hydrogen-bond acceptors (Lipinski definition) is 7. The first kappa shape index (κ1) is 20.6. The van der Waals surface area contributed by atoms with Crippen LogP contribution < -0.4 is 15.4 Å². The number of anilines is 1. The lowest BCUT2D eigenvalue weighted by molar-refractivity contribution is -0.385. The van der Waals surface area contributed by atoms with Crippen LogP contribution >= 0.6 is 23.6 Å². The summed E-state index contributed by atoms with van der Waals surface area (Å²) < 4.78 is 6.27. The molecule has 0 saturated heterocycles. The summed E-state index contributed by atoms with van der Waals surface area (Å²) in [7, 11) is 0. The largest absolute Gasteiger partial charge is 0.487 e. The molecule has 0 unspecified atom stereocenters. The van der Waals surface area contributed by atoms with Crippen LogP contribution in [0.2, 0.25) is 0 Å². The van der Waals surface area contributed by atoms with Gasteiger partial charge in [-0.05, 0) is 56.2 Å². The van der Waals surface area contributed by atoms with Gasteiger partial charge in [-0.25, -0.2) is 4.98 Å². The van der Waals surface area contributed by atoms with E-state index in [1.54, 1.807) is 6.92 Å². The number of rotatable bonds is 5. The van der Waals surface area contributed by atoms with E-state index in [0.717, 1.165) is 27.4 Å². The van der Waals surface area contributed by atoms with Crippen LogP contribution in [0.5, 0.6) is 5.75 Å². The average molecular weight is 431 g/mol. The van der Waals surface area contributed by atoms with Crippen LogP contribution in [0.25, 0.3) is 10.2 Å². The lowest BCUT2D eigenvalue weighted by Crippen LogP contribution is -2.34. The summed E-state index contributed by atoms with van der Waals surface area (Å²) in [4.78, 5) is 27.6. The lowest BCUT2D eigenvalue weighted by atomic mass is 10.1. The van der Waals surface area contributed by atoms with Gasteiger partial charge in [-0.1, -0.05) is 23.5 Å². The molecule has 0 aliphatic rings. The van der Waals surface area contributed by atoms with Crippen LogP contribution in [0.4, 0.5) is 10.8 Å². The highest BCUT2D eigenvalue weighted by Crippen LogP contribution is 2.31. The third-order valence-electron chi connectivity index (χ3n) is 4.11. The molecule has 0 saturated carbocycles. The monoisotopic (exact) mass is 430 g/mol. The van der Waals surface area contributed by atoms with Crippen LogP contribution in [-0.4, -0.2) is 27.5 Å². The number of fused-ring (bicyclic) bond motifs is 1. The summed E-state index contributed by atoms with van der Waals surface area (Å²) in [6.07, 6.45) is 0. The number of aryl methyl sites for hydroxylation is 2. The molecule has 3 aromatic rings. The Labute approximate surface area is 176 Å². The number of nitro groups is 1. The van der Waals surface area contributed by atoms with Crippen LogP contribution in [0.3, 0.4) is 0 Å². The molecule has 2 N–H and O–H groups in total. The normalized spacial score (nSPS) is 10.6. The molecule has 1 aromatic heterocycles. The second kappa shape index (κ2) is 8.50. The van der Waals surface area contributed by atoms with Gasteiger partial charge < -0.3 is 10.1 Å². The second-order valence-corrected chi connectivity index (χ2v) is 7.58. The maximum atomic E-state index is 12.5. The van der Waals surface area contributed by atoms with Gasteiger partial charge in [0.05, 0.1) is 21.7 Å². The van der Waals surface area contributed by atoms with Crippen LogP contribution in [0.1, 0.15) is 28.4 Å². The van der Waals surface area contributed by atoms with Crippen molar-refractivity contribution in [2.75, 3.05) is 11.9 Å². The number of amides is 1. The van der Waals surface area contributed by atoms with Gasteiger partial charge in [-0.2, -0.15) is 0 Å². The number of nitrogens with one attached hydrogen (secondary N) is 2. The number of hydrogen-bond donors (Lipinski definition) is 2. The molecule has 0 aliphatic carbocycles. The van der Waals surface area contributed by atoms with Crippen molar-refractivity contribution in [2.45, 2.75) is 20.8 Å². The number of aromatic nitrogens is 1. The highest BCUT2D eigenvalue weighted by molar-refractivity contribution is 7.80. The SMILES string of the molecule is CCOc1ccc(C(=O)NC(=S)Nc2nc3c(C)ccc(C)c3s2)cc1[N+](=O)[O-]. The molecule has 29 heavy (non-hydrogen) atoms. The Kier molecular flexibility index (Phi) is 6.04. The van der Waals surface area contributed by atoms with Gasteiger partial charge >= 0.3 is 5.69 Å². The fraction of sp³-hybridized carbons (Fsp3) is 0.211. The summed E-state index contributed by atoms with van der Waals surface area (Å²) in [5.74, 6) is -0.461. The molecule has 2 aromatic carbocycles. The van der Waals surface area contributed by atoms with Crippen molar-refractivity contribution >= 4 is 55.6 Å². The fourth-order valence-electron chi connectivity index (χ4n) is 2.70. The third-order valence-corrected chi connectivity index (χ3v) is 5.42. The summed E-state index contributed by atoms with van der Waals surface area (Å²) in [5, 5.41) is 17.3. The van der Waals surface area contributed by atoms with Gasteiger partial charge in [0, 0.05) is 11.6 Å². The first-order valence-corrected chi connectivity index (χ1v) is 9.93. The van der Waals surface area contributed by atoms with Crippen LogP contribution in [0, 0.1) is 24.0 Å². The highest BCUT2D eigenvalue weighted by Gasteiger charge is 2.19. The van der Waals surface area contributed by atoms with Crippen molar-refractivity contribution in [2.24, 2.45) is 0 Å². The Morgan fingerprint density at radius 2 is 2.00 bits per heavy atom. The van der Waals surface area contributed by atoms with E-state index < -0.39 is 10.8 Å². The van der Waals surface area contributed by atoms with Gasteiger partial charge in [0.25, 0.3) is 5.91 Å². The molecular formula is C19H18N4O4S2. The van der Waals surface area contributed by atoms with E-state index in [1.807, 2.05) is 26.0 Å². The predicted octanol–water partition coefficient (Wildman–Crippen LogP) is 4.35. The third kappa shape index (κ3) is 4.49. The smallest absolute Gasteiger partial charge is 0.311 e. The van der Waals surface area contributed by atoms with E-state index in [-0.39, 0.29) is 28.7 Å². The van der Waals surface area contributed by atoms with Gasteiger partial charge in [0.2, 0.25) is 0 Å². The van der Waals surface area contributed by atoms with Crippen molar-refractivity contribution < 1.29 is 14.5 Å². The number of thiocarbonyl (C=S) groups is 1. The molecule has 0 fully saturated rings. The zero-order valence-electron chi connectivity index (χ0n) is 15.9. The predicted molar refractivity (Wildman–Crippen MR) is 117 cm³/mol. The molecule has 10 heteroatoms. The van der Waals surface area contributed by atoms with Gasteiger partial charge in [-0.15, -0.1) is 0 Å². The minimum absolute atomic E-state index is 0.0564. The number of carbonyl (C=O) groups excluding carboxylic acids is 1. The first-order chi connectivity index (χ1) is 13.8. The Morgan fingerprint density at radius 1 is 1.28 bits per heavy atom. The molecule has 0 bridgehead atoms. The van der Waals surface area contributed by atoms with Crippen molar-refractivity contribution in [3.05, 3.63) is 57.1 Å². The molecule has 0 spiro atoms. The molecule has 3 rings (SSSR count). The summed E-state index contributed by atoms with van der Waals surface area (Å²) in [6, 6.07) is 8.03. The van der Waals surface area contributed by atoms with Gasteiger partial charge in [-0.3, -0.25) is 20.2 Å². The van der Waals surface area contributed by atoms with Crippen molar-refractivity contribution in [1.82, 2.24) is 10.3 Å². The minimum atomic E-state index is -0.593. The zero-order chi connectivity index (χ0) is 21.1. The molecular weight excluding hydrogens is 412 g/mol. The van der Waals surface area contributed by atoms with E-state index in [4.69, 9.17) is 17.0 Å². The quantitative estimate of drug-likeness (QED) is 0.352. The molecule has 150 valence electrons. The van der Waals surface area contributed by atoms with E-state index in [1.165, 1.54) is 23.5 Å². The zero-order valence-corrected chi connectivity index (χ0v) is 17.6. The Morgan fingerprint density at radius 3 is 2.66 bits per heavy atom. The molecule has 0 radical (unpaired) electrons. The molecule has 1 heterocycles. The Hall–Kier alpha value is -3.11. The molecule has 1 amide bonds. The van der Waals surface area contributed by atoms with E-state index in [9.17, 15) is 14.9 Å². The first-order valence-electron chi connectivity index (χ1n) is 8.70. The Balaban J connectivity index is 1.75.